The number of nitrogens with one attached hydrogen (secondary N) is 1. The van der Waals surface area contributed by atoms with E-state index in [4.69, 9.17) is 4.74 Å². The molecule has 1 amide bonds. The number of ether oxygens (including phenoxy) is 1. The largest absolute Gasteiger partial charge is 0.375 e. The first-order valence-electron chi connectivity index (χ1n) is 5.93. The highest BCUT2D eigenvalue weighted by atomic mass is 16.5. The van der Waals surface area contributed by atoms with Crippen LogP contribution in [0.2, 0.25) is 0 Å². The lowest BCUT2D eigenvalue weighted by atomic mass is 10.2. The highest BCUT2D eigenvalue weighted by molar-refractivity contribution is 5.76. The van der Waals surface area contributed by atoms with Crippen LogP contribution in [0.15, 0.2) is 0 Å². The van der Waals surface area contributed by atoms with Gasteiger partial charge >= 0.3 is 0 Å². The zero-order chi connectivity index (χ0) is 10.7. The van der Waals surface area contributed by atoms with Crippen molar-refractivity contribution in [3.63, 3.8) is 0 Å². The molecule has 1 aliphatic carbocycles. The summed E-state index contributed by atoms with van der Waals surface area (Å²) in [7, 11) is 0. The summed E-state index contributed by atoms with van der Waals surface area (Å²) in [5, 5.41) is 3.14. The maximum absolute atomic E-state index is 11.8. The van der Waals surface area contributed by atoms with Gasteiger partial charge in [0.15, 0.2) is 0 Å². The second-order valence-electron chi connectivity index (χ2n) is 4.31. The molecule has 0 atom stereocenters. The lowest BCUT2D eigenvalue weighted by molar-refractivity contribution is -0.133. The Kier molecular flexibility index (Phi) is 3.59. The Morgan fingerprint density at radius 1 is 1.47 bits per heavy atom. The molecule has 1 saturated carbocycles. The lowest BCUT2D eigenvalue weighted by Gasteiger charge is -2.27. The quantitative estimate of drug-likeness (QED) is 0.692. The van der Waals surface area contributed by atoms with Gasteiger partial charge in [0, 0.05) is 25.7 Å². The first kappa shape index (κ1) is 10.9. The van der Waals surface area contributed by atoms with Gasteiger partial charge in [0.05, 0.1) is 19.1 Å². The van der Waals surface area contributed by atoms with Gasteiger partial charge in [0.2, 0.25) is 5.91 Å². The Morgan fingerprint density at radius 2 is 2.20 bits per heavy atom. The van der Waals surface area contributed by atoms with Crippen molar-refractivity contribution in [3.05, 3.63) is 0 Å². The van der Waals surface area contributed by atoms with Gasteiger partial charge in [-0.2, -0.15) is 0 Å². The zero-order valence-corrected chi connectivity index (χ0v) is 9.37. The van der Waals surface area contributed by atoms with Crippen LogP contribution < -0.4 is 5.32 Å². The molecular weight excluding hydrogens is 192 g/mol. The molecule has 0 bridgehead atoms. The summed E-state index contributed by atoms with van der Waals surface area (Å²) in [6.45, 7) is 5.35. The maximum atomic E-state index is 11.8. The van der Waals surface area contributed by atoms with Crippen molar-refractivity contribution in [1.29, 1.82) is 0 Å². The van der Waals surface area contributed by atoms with Crippen molar-refractivity contribution in [2.24, 2.45) is 0 Å². The fourth-order valence-electron chi connectivity index (χ4n) is 1.86. The molecule has 4 nitrogen and oxygen atoms in total. The normalized spacial score (nSPS) is 21.1. The second-order valence-corrected chi connectivity index (χ2v) is 4.31. The van der Waals surface area contributed by atoms with Crippen LogP contribution in [0.5, 0.6) is 0 Å². The molecule has 86 valence electrons. The summed E-state index contributed by atoms with van der Waals surface area (Å²) in [5.74, 6) is 0.257. The van der Waals surface area contributed by atoms with E-state index in [0.29, 0.717) is 25.2 Å². The van der Waals surface area contributed by atoms with Crippen molar-refractivity contribution in [3.8, 4) is 0 Å². The van der Waals surface area contributed by atoms with Gasteiger partial charge in [-0.1, -0.05) is 0 Å². The number of amides is 1. The number of nitrogens with zero attached hydrogens (tertiary/aromatic N) is 1. The zero-order valence-electron chi connectivity index (χ0n) is 9.37. The van der Waals surface area contributed by atoms with Gasteiger partial charge in [0.25, 0.3) is 0 Å². The third kappa shape index (κ3) is 2.92. The van der Waals surface area contributed by atoms with Crippen LogP contribution in [0.25, 0.3) is 0 Å². The summed E-state index contributed by atoms with van der Waals surface area (Å²) in [5.41, 5.74) is 0. The first-order chi connectivity index (χ1) is 7.31. The molecule has 2 fully saturated rings. The van der Waals surface area contributed by atoms with Crippen LogP contribution in [0.1, 0.15) is 26.2 Å². The molecule has 0 unspecified atom stereocenters. The van der Waals surface area contributed by atoms with Gasteiger partial charge in [-0.15, -0.1) is 0 Å². The molecule has 0 aromatic carbocycles. The molecule has 15 heavy (non-hydrogen) atoms. The third-order valence-electron chi connectivity index (χ3n) is 3.06. The van der Waals surface area contributed by atoms with Crippen LogP contribution in [-0.4, -0.2) is 49.2 Å². The molecule has 2 aliphatic rings. The molecule has 1 saturated heterocycles. The number of carbonyl (C=O) groups is 1. The minimum Gasteiger partial charge on any atom is -0.375 e. The van der Waals surface area contributed by atoms with Crippen molar-refractivity contribution >= 4 is 5.91 Å². The van der Waals surface area contributed by atoms with Gasteiger partial charge in [-0.25, -0.2) is 0 Å². The summed E-state index contributed by atoms with van der Waals surface area (Å²) >= 11 is 0. The fourth-order valence-corrected chi connectivity index (χ4v) is 1.86. The predicted molar refractivity (Wildman–Crippen MR) is 57.6 cm³/mol. The van der Waals surface area contributed by atoms with Crippen LogP contribution in [-0.2, 0) is 9.53 Å². The molecule has 0 aromatic heterocycles. The van der Waals surface area contributed by atoms with E-state index in [9.17, 15) is 4.79 Å². The smallest absolute Gasteiger partial charge is 0.225 e. The Bertz CT molecular complexity index is 225. The van der Waals surface area contributed by atoms with E-state index >= 15 is 0 Å². The molecule has 1 N–H and O–H groups in total. The topological polar surface area (TPSA) is 41.6 Å². The Hall–Kier alpha value is -0.610. The molecule has 0 spiro atoms. The van der Waals surface area contributed by atoms with Gasteiger partial charge in [-0.3, -0.25) is 4.79 Å². The van der Waals surface area contributed by atoms with E-state index < -0.39 is 0 Å². The number of rotatable bonds is 6. The molecular formula is C11H20N2O2. The number of carbonyl (C=O) groups excluding carboxylic acids is 1. The first-order valence-corrected chi connectivity index (χ1v) is 5.93. The monoisotopic (exact) mass is 212 g/mol. The Morgan fingerprint density at radius 3 is 2.67 bits per heavy atom. The standard InChI is InChI=1S/C11H20N2O2/c1-2-13(9-3-4-9)11(14)5-6-15-10-7-12-8-10/h9-10,12H,2-8H2,1H3. The molecule has 4 heteroatoms. The Balaban J connectivity index is 1.61. The van der Waals surface area contributed by atoms with Crippen molar-refractivity contribution < 1.29 is 9.53 Å². The average molecular weight is 212 g/mol. The molecule has 2 rings (SSSR count). The van der Waals surface area contributed by atoms with Crippen molar-refractivity contribution in [2.75, 3.05) is 26.2 Å². The maximum Gasteiger partial charge on any atom is 0.225 e. The highest BCUT2D eigenvalue weighted by Gasteiger charge is 2.31. The van der Waals surface area contributed by atoms with E-state index in [2.05, 4.69) is 5.32 Å². The van der Waals surface area contributed by atoms with E-state index in [-0.39, 0.29) is 5.91 Å². The van der Waals surface area contributed by atoms with Crippen LogP contribution in [0.3, 0.4) is 0 Å². The molecule has 0 aromatic rings. The predicted octanol–water partition coefficient (Wildman–Crippen LogP) is 0.376. The minimum absolute atomic E-state index is 0.257. The summed E-state index contributed by atoms with van der Waals surface area (Å²) in [6.07, 6.45) is 3.26. The van der Waals surface area contributed by atoms with Gasteiger partial charge < -0.3 is 15.0 Å². The van der Waals surface area contributed by atoms with Gasteiger partial charge in [-0.05, 0) is 19.8 Å². The fraction of sp³-hybridized carbons (Fsp3) is 0.909. The number of hydrogen-bond donors (Lipinski definition) is 1. The Labute approximate surface area is 91.0 Å². The highest BCUT2D eigenvalue weighted by Crippen LogP contribution is 2.26. The third-order valence-corrected chi connectivity index (χ3v) is 3.06. The summed E-state index contributed by atoms with van der Waals surface area (Å²) in [6, 6.07) is 0.535. The molecule has 1 heterocycles. The van der Waals surface area contributed by atoms with E-state index in [1.165, 1.54) is 12.8 Å². The molecule has 0 radical (unpaired) electrons. The summed E-state index contributed by atoms with van der Waals surface area (Å²) < 4.78 is 5.53. The average Bonchev–Trinajstić information content (AvgIpc) is 2.94. The summed E-state index contributed by atoms with van der Waals surface area (Å²) in [4.78, 5) is 13.8. The SMILES string of the molecule is CCN(C(=O)CCOC1CNC1)C1CC1. The van der Waals surface area contributed by atoms with Crippen LogP contribution in [0, 0.1) is 0 Å². The van der Waals surface area contributed by atoms with Gasteiger partial charge in [0.1, 0.15) is 0 Å². The van der Waals surface area contributed by atoms with E-state index in [0.717, 1.165) is 19.6 Å². The van der Waals surface area contributed by atoms with E-state index in [1.807, 2.05) is 11.8 Å². The van der Waals surface area contributed by atoms with E-state index in [1.54, 1.807) is 0 Å². The van der Waals surface area contributed by atoms with Crippen molar-refractivity contribution in [1.82, 2.24) is 10.2 Å². The minimum atomic E-state index is 0.257. The molecule has 1 aliphatic heterocycles. The van der Waals surface area contributed by atoms with Crippen LogP contribution in [0.4, 0.5) is 0 Å². The van der Waals surface area contributed by atoms with Crippen LogP contribution >= 0.6 is 0 Å². The number of hydrogen-bond acceptors (Lipinski definition) is 3. The van der Waals surface area contributed by atoms with Crippen molar-refractivity contribution in [2.45, 2.75) is 38.3 Å². The lowest BCUT2D eigenvalue weighted by Crippen LogP contribution is -2.48. The second kappa shape index (κ2) is 4.94.